The highest BCUT2D eigenvalue weighted by Crippen LogP contribution is 2.37. The van der Waals surface area contributed by atoms with Crippen molar-refractivity contribution in [1.82, 2.24) is 30.5 Å². The summed E-state index contributed by atoms with van der Waals surface area (Å²) in [6.07, 6.45) is 4.29. The Labute approximate surface area is 172 Å². The van der Waals surface area contributed by atoms with Gasteiger partial charge in [-0.2, -0.15) is 0 Å². The fraction of sp³-hybridized carbons (Fsp3) is 0.238. The first-order chi connectivity index (χ1) is 14.2. The summed E-state index contributed by atoms with van der Waals surface area (Å²) < 4.78 is 1.48. The number of amides is 1. The number of rotatable bonds is 4. The Morgan fingerprint density at radius 2 is 2.07 bits per heavy atom. The number of benzene rings is 2. The Morgan fingerprint density at radius 3 is 2.86 bits per heavy atom. The number of nitrogens with one attached hydrogen (secondary N) is 2. The molecule has 4 aromatic rings. The van der Waals surface area contributed by atoms with Gasteiger partial charge in [0.05, 0.1) is 16.6 Å². The van der Waals surface area contributed by atoms with E-state index in [1.165, 1.54) is 16.6 Å². The van der Waals surface area contributed by atoms with E-state index in [9.17, 15) is 4.79 Å². The molecular weight excluding hydrogens is 388 g/mol. The second kappa shape index (κ2) is 7.33. The average Bonchev–Trinajstić information content (AvgIpc) is 3.39. The lowest BCUT2D eigenvalue weighted by Crippen LogP contribution is -2.37. The molecule has 0 saturated carbocycles. The maximum Gasteiger partial charge on any atom is 0.250 e. The molecule has 1 amide bonds. The molecule has 0 spiro atoms. The number of nitrogens with zero attached hydrogens (tertiary/aromatic N) is 4. The van der Waals surface area contributed by atoms with Crippen LogP contribution >= 0.6 is 11.6 Å². The van der Waals surface area contributed by atoms with E-state index in [0.717, 1.165) is 41.4 Å². The van der Waals surface area contributed by atoms with E-state index in [0.29, 0.717) is 5.02 Å². The second-order valence-electron chi connectivity index (χ2n) is 7.24. The Bertz CT molecular complexity index is 1150. The van der Waals surface area contributed by atoms with Crippen molar-refractivity contribution in [2.24, 2.45) is 0 Å². The summed E-state index contributed by atoms with van der Waals surface area (Å²) in [6.45, 7) is 0. The third kappa shape index (κ3) is 3.17. The number of hydrogen-bond donors (Lipinski definition) is 2. The molecule has 2 heterocycles. The summed E-state index contributed by atoms with van der Waals surface area (Å²) >= 11 is 6.38. The zero-order valence-corrected chi connectivity index (χ0v) is 16.3. The maximum absolute atomic E-state index is 13.3. The molecule has 0 bridgehead atoms. The smallest absolute Gasteiger partial charge is 0.250 e. The van der Waals surface area contributed by atoms with E-state index in [-0.39, 0.29) is 11.9 Å². The lowest BCUT2D eigenvalue weighted by Gasteiger charge is -2.26. The normalized spacial score (nSPS) is 17.1. The quantitative estimate of drug-likeness (QED) is 0.542. The van der Waals surface area contributed by atoms with Crippen molar-refractivity contribution in [3.05, 3.63) is 76.7 Å². The number of H-pyrrole nitrogens is 1. The van der Waals surface area contributed by atoms with Crippen LogP contribution in [0.4, 0.5) is 0 Å². The summed E-state index contributed by atoms with van der Waals surface area (Å²) in [6, 6.07) is 14.7. The minimum atomic E-state index is -0.635. The van der Waals surface area contributed by atoms with Crippen LogP contribution < -0.4 is 5.32 Å². The van der Waals surface area contributed by atoms with Crippen molar-refractivity contribution in [1.29, 1.82) is 0 Å². The molecule has 29 heavy (non-hydrogen) atoms. The maximum atomic E-state index is 13.3. The highest BCUT2D eigenvalue weighted by Gasteiger charge is 2.30. The minimum absolute atomic E-state index is 0.114. The largest absolute Gasteiger partial charge is 0.355 e. The predicted molar refractivity (Wildman–Crippen MR) is 110 cm³/mol. The third-order valence-corrected chi connectivity index (χ3v) is 5.82. The number of fused-ring (bicyclic) bond motifs is 3. The van der Waals surface area contributed by atoms with Crippen LogP contribution in [0.2, 0.25) is 5.02 Å². The van der Waals surface area contributed by atoms with Crippen LogP contribution in [0.15, 0.2) is 54.9 Å². The van der Waals surface area contributed by atoms with Crippen LogP contribution in [0.3, 0.4) is 0 Å². The Morgan fingerprint density at radius 1 is 1.21 bits per heavy atom. The molecule has 2 aromatic carbocycles. The topological polar surface area (TPSA) is 88.5 Å². The number of aryl methyl sites for hydroxylation is 1. The van der Waals surface area contributed by atoms with Crippen LogP contribution in [0.1, 0.15) is 41.7 Å². The molecule has 146 valence electrons. The van der Waals surface area contributed by atoms with E-state index >= 15 is 0 Å². The van der Waals surface area contributed by atoms with Gasteiger partial charge in [0.25, 0.3) is 0 Å². The Hall–Kier alpha value is -3.19. The lowest BCUT2D eigenvalue weighted by atomic mass is 9.91. The molecule has 0 fully saturated rings. The standard InChI is InChI=1S/C21H19ClN6O/c22-16-10-4-8-14-15-9-5-11-17(19(15)25-18(14)16)24-21(29)20(28-12-23-26-27-28)13-6-2-1-3-7-13/h1-4,6-8,10,12,17,20,25H,5,9,11H2,(H,24,29)/t17?,20-/m0/s1. The van der Waals surface area contributed by atoms with Gasteiger partial charge in [0.15, 0.2) is 6.04 Å². The van der Waals surface area contributed by atoms with Crippen molar-refractivity contribution in [2.75, 3.05) is 0 Å². The molecule has 1 aliphatic rings. The van der Waals surface area contributed by atoms with Gasteiger partial charge < -0.3 is 10.3 Å². The van der Waals surface area contributed by atoms with Gasteiger partial charge in [0, 0.05) is 11.1 Å². The third-order valence-electron chi connectivity index (χ3n) is 5.50. The Kier molecular flexibility index (Phi) is 4.52. The molecule has 1 unspecified atom stereocenters. The van der Waals surface area contributed by atoms with Crippen LogP contribution in [-0.2, 0) is 11.2 Å². The van der Waals surface area contributed by atoms with Crippen molar-refractivity contribution >= 4 is 28.4 Å². The van der Waals surface area contributed by atoms with Crippen molar-refractivity contribution in [3.8, 4) is 0 Å². The number of tetrazole rings is 1. The predicted octanol–water partition coefficient (Wildman–Crippen LogP) is 3.59. The number of para-hydroxylation sites is 1. The summed E-state index contributed by atoms with van der Waals surface area (Å²) in [5, 5.41) is 16.4. The molecular formula is C21H19ClN6O. The summed E-state index contributed by atoms with van der Waals surface area (Å²) in [5.74, 6) is -0.147. The zero-order chi connectivity index (χ0) is 19.8. The molecule has 0 aliphatic heterocycles. The summed E-state index contributed by atoms with van der Waals surface area (Å²) in [7, 11) is 0. The highest BCUT2D eigenvalue weighted by atomic mass is 35.5. The first kappa shape index (κ1) is 17.9. The van der Waals surface area contributed by atoms with Crippen LogP contribution in [0.25, 0.3) is 10.9 Å². The van der Waals surface area contributed by atoms with Crippen molar-refractivity contribution in [2.45, 2.75) is 31.3 Å². The molecule has 0 saturated heterocycles. The van der Waals surface area contributed by atoms with Gasteiger partial charge >= 0.3 is 0 Å². The van der Waals surface area contributed by atoms with Gasteiger partial charge in [-0.1, -0.05) is 54.1 Å². The zero-order valence-electron chi connectivity index (χ0n) is 15.5. The van der Waals surface area contributed by atoms with Gasteiger partial charge in [0.1, 0.15) is 6.33 Å². The molecule has 2 aromatic heterocycles. The van der Waals surface area contributed by atoms with Crippen molar-refractivity contribution in [3.63, 3.8) is 0 Å². The fourth-order valence-electron chi connectivity index (χ4n) is 4.19. The SMILES string of the molecule is O=C(NC1CCCc2c1[nH]c1c(Cl)cccc21)[C@H](c1ccccc1)n1cnnn1. The number of carbonyl (C=O) groups excluding carboxylic acids is 1. The van der Waals surface area contributed by atoms with Crippen molar-refractivity contribution < 1.29 is 4.79 Å². The first-order valence-corrected chi connectivity index (χ1v) is 9.97. The average molecular weight is 407 g/mol. The monoisotopic (exact) mass is 406 g/mol. The number of carbonyl (C=O) groups is 1. The van der Waals surface area contributed by atoms with Crippen LogP contribution in [-0.4, -0.2) is 31.1 Å². The fourth-order valence-corrected chi connectivity index (χ4v) is 4.41. The summed E-state index contributed by atoms with van der Waals surface area (Å²) in [4.78, 5) is 16.8. The number of aromatic amines is 1. The molecule has 5 rings (SSSR count). The first-order valence-electron chi connectivity index (χ1n) is 9.59. The molecule has 8 heteroatoms. The van der Waals surface area contributed by atoms with E-state index in [2.05, 4.69) is 31.9 Å². The molecule has 0 radical (unpaired) electrons. The molecule has 1 aliphatic carbocycles. The lowest BCUT2D eigenvalue weighted by molar-refractivity contribution is -0.124. The van der Waals surface area contributed by atoms with Crippen LogP contribution in [0, 0.1) is 0 Å². The number of aromatic nitrogens is 5. The molecule has 2 atom stereocenters. The number of halogens is 1. The molecule has 7 nitrogen and oxygen atoms in total. The van der Waals surface area contributed by atoms with E-state index < -0.39 is 6.04 Å². The van der Waals surface area contributed by atoms with E-state index in [4.69, 9.17) is 11.6 Å². The van der Waals surface area contributed by atoms with Gasteiger partial charge in [-0.05, 0) is 46.9 Å². The van der Waals surface area contributed by atoms with Gasteiger partial charge in [-0.3, -0.25) is 4.79 Å². The van der Waals surface area contributed by atoms with Crippen LogP contribution in [0.5, 0.6) is 0 Å². The van der Waals surface area contributed by atoms with Gasteiger partial charge in [-0.25, -0.2) is 4.68 Å². The number of hydrogen-bond acceptors (Lipinski definition) is 4. The minimum Gasteiger partial charge on any atom is -0.355 e. The van der Waals surface area contributed by atoms with E-state index in [1.54, 1.807) is 0 Å². The highest BCUT2D eigenvalue weighted by molar-refractivity contribution is 6.35. The summed E-state index contributed by atoms with van der Waals surface area (Å²) in [5.41, 5.74) is 4.03. The van der Waals surface area contributed by atoms with Gasteiger partial charge in [-0.15, -0.1) is 5.10 Å². The Balaban J connectivity index is 1.49. The van der Waals surface area contributed by atoms with Gasteiger partial charge in [0.2, 0.25) is 5.91 Å². The second-order valence-corrected chi connectivity index (χ2v) is 7.64. The molecule has 2 N–H and O–H groups in total. The van der Waals surface area contributed by atoms with E-state index in [1.807, 2.05) is 42.5 Å².